The first kappa shape index (κ1) is 13.4. The van der Waals surface area contributed by atoms with E-state index in [-0.39, 0.29) is 0 Å². The molecule has 1 heterocycles. The zero-order valence-electron chi connectivity index (χ0n) is 10.9. The Labute approximate surface area is 117 Å². The number of hydrogen-bond acceptors (Lipinski definition) is 3. The molecular weight excluding hydrogens is 290 g/mol. The number of nitriles is 1. The molecule has 0 N–H and O–H groups in total. The van der Waals surface area contributed by atoms with E-state index in [0.29, 0.717) is 12.5 Å². The van der Waals surface area contributed by atoms with E-state index in [9.17, 15) is 0 Å². The average molecular weight is 308 g/mol. The Morgan fingerprint density at radius 2 is 2.22 bits per heavy atom. The van der Waals surface area contributed by atoms with Crippen LogP contribution in [0.15, 0.2) is 22.7 Å². The van der Waals surface area contributed by atoms with Crippen molar-refractivity contribution in [1.29, 1.82) is 5.26 Å². The smallest absolute Gasteiger partial charge is 0.0643 e. The second-order valence-electron chi connectivity index (χ2n) is 4.90. The van der Waals surface area contributed by atoms with Crippen molar-refractivity contribution in [2.75, 3.05) is 31.6 Å². The van der Waals surface area contributed by atoms with Crippen LogP contribution in [0.1, 0.15) is 12.0 Å². The Morgan fingerprint density at radius 1 is 1.44 bits per heavy atom. The molecule has 0 aliphatic carbocycles. The van der Waals surface area contributed by atoms with E-state index in [2.05, 4.69) is 64.0 Å². The Kier molecular flexibility index (Phi) is 4.26. The minimum Gasteiger partial charge on any atom is -0.365 e. The minimum atomic E-state index is 0.300. The lowest BCUT2D eigenvalue weighted by molar-refractivity contribution is 0.268. The molecule has 1 unspecified atom stereocenters. The molecule has 3 nitrogen and oxygen atoms in total. The van der Waals surface area contributed by atoms with Crippen LogP contribution in [0, 0.1) is 18.3 Å². The summed E-state index contributed by atoms with van der Waals surface area (Å²) >= 11 is 3.50. The van der Waals surface area contributed by atoms with Crippen LogP contribution in [0.5, 0.6) is 0 Å². The lowest BCUT2D eigenvalue weighted by atomic mass is 10.1. The van der Waals surface area contributed by atoms with Gasteiger partial charge in [0.15, 0.2) is 0 Å². The van der Waals surface area contributed by atoms with Gasteiger partial charge in [-0.25, -0.2) is 0 Å². The van der Waals surface area contributed by atoms with Gasteiger partial charge in [0.25, 0.3) is 0 Å². The molecule has 0 spiro atoms. The SMILES string of the molecule is Cc1cc(Br)ccc1N1CCN(C)CC1CC#N. The summed E-state index contributed by atoms with van der Waals surface area (Å²) in [5.74, 6) is 0. The zero-order chi connectivity index (χ0) is 13.1. The monoisotopic (exact) mass is 307 g/mol. The molecular formula is C14H18BrN3. The van der Waals surface area contributed by atoms with E-state index in [4.69, 9.17) is 5.26 Å². The molecule has 2 rings (SSSR count). The number of hydrogen-bond donors (Lipinski definition) is 0. The second kappa shape index (κ2) is 5.73. The molecule has 0 aromatic heterocycles. The topological polar surface area (TPSA) is 30.3 Å². The molecule has 0 bridgehead atoms. The van der Waals surface area contributed by atoms with Crippen molar-refractivity contribution in [2.24, 2.45) is 0 Å². The van der Waals surface area contributed by atoms with Gasteiger partial charge in [0.2, 0.25) is 0 Å². The summed E-state index contributed by atoms with van der Waals surface area (Å²) in [7, 11) is 2.12. The van der Waals surface area contributed by atoms with Crippen molar-refractivity contribution in [3.63, 3.8) is 0 Å². The number of anilines is 1. The van der Waals surface area contributed by atoms with Gasteiger partial charge < -0.3 is 9.80 Å². The molecule has 0 saturated carbocycles. The first-order valence-corrected chi connectivity index (χ1v) is 6.99. The highest BCUT2D eigenvalue weighted by Crippen LogP contribution is 2.27. The highest BCUT2D eigenvalue weighted by atomic mass is 79.9. The molecule has 1 aliphatic heterocycles. The van der Waals surface area contributed by atoms with Gasteiger partial charge >= 0.3 is 0 Å². The van der Waals surface area contributed by atoms with Gasteiger partial charge in [-0.05, 0) is 37.7 Å². The number of nitrogens with zero attached hydrogens (tertiary/aromatic N) is 3. The zero-order valence-corrected chi connectivity index (χ0v) is 12.4. The summed E-state index contributed by atoms with van der Waals surface area (Å²) in [5.41, 5.74) is 2.52. The Morgan fingerprint density at radius 3 is 2.89 bits per heavy atom. The number of aryl methyl sites for hydroxylation is 1. The maximum atomic E-state index is 8.98. The molecule has 1 atom stereocenters. The molecule has 1 aromatic rings. The second-order valence-corrected chi connectivity index (χ2v) is 5.82. The van der Waals surface area contributed by atoms with E-state index in [1.54, 1.807) is 0 Å². The quantitative estimate of drug-likeness (QED) is 0.841. The van der Waals surface area contributed by atoms with Crippen LogP contribution in [0.25, 0.3) is 0 Å². The van der Waals surface area contributed by atoms with Crippen LogP contribution in [-0.4, -0.2) is 37.6 Å². The van der Waals surface area contributed by atoms with Crippen molar-refractivity contribution in [3.8, 4) is 6.07 Å². The number of likely N-dealkylation sites (N-methyl/N-ethyl adjacent to an activating group) is 1. The molecule has 1 aromatic carbocycles. The van der Waals surface area contributed by atoms with E-state index < -0.39 is 0 Å². The van der Waals surface area contributed by atoms with Gasteiger partial charge in [0, 0.05) is 29.8 Å². The maximum absolute atomic E-state index is 8.98. The average Bonchev–Trinajstić information content (AvgIpc) is 2.31. The summed E-state index contributed by atoms with van der Waals surface area (Å²) in [6.45, 7) is 5.13. The number of rotatable bonds is 2. The predicted octanol–water partition coefficient (Wildman–Crippen LogP) is 2.79. The maximum Gasteiger partial charge on any atom is 0.0643 e. The third-order valence-electron chi connectivity index (χ3n) is 3.48. The fourth-order valence-electron chi connectivity index (χ4n) is 2.55. The van der Waals surface area contributed by atoms with Crippen molar-refractivity contribution in [1.82, 2.24) is 4.90 Å². The third kappa shape index (κ3) is 2.85. The van der Waals surface area contributed by atoms with Crippen LogP contribution in [-0.2, 0) is 0 Å². The molecule has 96 valence electrons. The molecule has 0 amide bonds. The lowest BCUT2D eigenvalue weighted by Crippen LogP contribution is -2.52. The van der Waals surface area contributed by atoms with Gasteiger partial charge in [-0.3, -0.25) is 0 Å². The minimum absolute atomic E-state index is 0.300. The highest BCUT2D eigenvalue weighted by molar-refractivity contribution is 9.10. The van der Waals surface area contributed by atoms with Crippen LogP contribution >= 0.6 is 15.9 Å². The number of halogens is 1. The molecule has 1 fully saturated rings. The molecule has 1 aliphatic rings. The van der Waals surface area contributed by atoms with Crippen molar-refractivity contribution in [3.05, 3.63) is 28.2 Å². The van der Waals surface area contributed by atoms with Crippen molar-refractivity contribution >= 4 is 21.6 Å². The van der Waals surface area contributed by atoms with E-state index in [0.717, 1.165) is 24.1 Å². The summed E-state index contributed by atoms with van der Waals surface area (Å²) in [6.07, 6.45) is 0.583. The standard InChI is InChI=1S/C14H18BrN3/c1-11-9-12(15)3-4-14(11)18-8-7-17(2)10-13(18)5-6-16/h3-4,9,13H,5,7-8,10H2,1-2H3. The van der Waals surface area contributed by atoms with Crippen LogP contribution in [0.3, 0.4) is 0 Å². The van der Waals surface area contributed by atoms with Gasteiger partial charge in [-0.2, -0.15) is 5.26 Å². The Balaban J connectivity index is 2.27. The molecule has 1 saturated heterocycles. The lowest BCUT2D eigenvalue weighted by Gasteiger charge is -2.41. The van der Waals surface area contributed by atoms with E-state index in [1.807, 2.05) is 0 Å². The predicted molar refractivity (Wildman–Crippen MR) is 77.7 cm³/mol. The first-order chi connectivity index (χ1) is 8.61. The summed E-state index contributed by atoms with van der Waals surface area (Å²) in [6, 6.07) is 8.97. The van der Waals surface area contributed by atoms with Gasteiger partial charge in [0.1, 0.15) is 0 Å². The van der Waals surface area contributed by atoms with Gasteiger partial charge in [-0.1, -0.05) is 15.9 Å². The fraction of sp³-hybridized carbons (Fsp3) is 0.500. The normalized spacial score (nSPS) is 20.8. The third-order valence-corrected chi connectivity index (χ3v) is 3.97. The summed E-state index contributed by atoms with van der Waals surface area (Å²) in [5, 5.41) is 8.98. The Hall–Kier alpha value is -1.05. The van der Waals surface area contributed by atoms with E-state index >= 15 is 0 Å². The Bertz CT molecular complexity index is 467. The van der Waals surface area contributed by atoms with Crippen LogP contribution in [0.2, 0.25) is 0 Å². The fourth-order valence-corrected chi connectivity index (χ4v) is 3.02. The van der Waals surface area contributed by atoms with E-state index in [1.165, 1.54) is 11.3 Å². The molecule has 0 radical (unpaired) electrons. The largest absolute Gasteiger partial charge is 0.365 e. The number of benzene rings is 1. The summed E-state index contributed by atoms with van der Waals surface area (Å²) in [4.78, 5) is 4.68. The molecule has 18 heavy (non-hydrogen) atoms. The van der Waals surface area contributed by atoms with Crippen molar-refractivity contribution < 1.29 is 0 Å². The first-order valence-electron chi connectivity index (χ1n) is 6.20. The van der Waals surface area contributed by atoms with Gasteiger partial charge in [0.05, 0.1) is 18.5 Å². The van der Waals surface area contributed by atoms with Crippen LogP contribution in [0.4, 0.5) is 5.69 Å². The van der Waals surface area contributed by atoms with Crippen molar-refractivity contribution in [2.45, 2.75) is 19.4 Å². The number of piperazine rings is 1. The molecule has 4 heteroatoms. The highest BCUT2D eigenvalue weighted by Gasteiger charge is 2.26. The van der Waals surface area contributed by atoms with Gasteiger partial charge in [-0.15, -0.1) is 0 Å². The summed E-state index contributed by atoms with van der Waals surface area (Å²) < 4.78 is 1.11. The van der Waals surface area contributed by atoms with Crippen LogP contribution < -0.4 is 4.90 Å².